The Bertz CT molecular complexity index is 2100. The second-order valence-electron chi connectivity index (χ2n) is 11.7. The first-order chi connectivity index (χ1) is 23.5. The Balaban J connectivity index is 1.52. The van der Waals surface area contributed by atoms with Crippen molar-refractivity contribution >= 4 is 59.7 Å². The molecule has 0 fully saturated rings. The topological polar surface area (TPSA) is 105 Å². The van der Waals surface area contributed by atoms with Gasteiger partial charge in [0.2, 0.25) is 0 Å². The number of hydrogen-bond donors (Lipinski definition) is 3. The molecule has 13 heteroatoms. The van der Waals surface area contributed by atoms with Crippen LogP contribution in [0, 0.1) is 44.0 Å². The number of fused-ring (bicyclic) bond motifs is 8. The standard InChI is InChI=1S/C36H36F4N5O3P/c1-6-47-49(46,48-7-2)18-8-17-41-36-34(39)32(37)31(33(38)35(36)40)30-28-15-13-26(44-28)20(4)24-11-9-22(42-24)19(3)23-10-12-25(43-23)21(5)27-14-16-29(30)45-27/h9-16,41,44-45H,6-8,17-18H2,1-5H3. The van der Waals surface area contributed by atoms with Gasteiger partial charge in [-0.25, -0.2) is 27.5 Å². The van der Waals surface area contributed by atoms with E-state index in [-0.39, 0.29) is 48.9 Å². The van der Waals surface area contributed by atoms with E-state index < -0.39 is 42.1 Å². The van der Waals surface area contributed by atoms with E-state index in [9.17, 15) is 4.57 Å². The third-order valence-corrected chi connectivity index (χ3v) is 10.8. The van der Waals surface area contributed by atoms with Gasteiger partial charge in [0.15, 0.2) is 23.3 Å². The summed E-state index contributed by atoms with van der Waals surface area (Å²) < 4.78 is 86.8. The van der Waals surface area contributed by atoms with Crippen LogP contribution in [0.4, 0.5) is 23.2 Å². The summed E-state index contributed by atoms with van der Waals surface area (Å²) >= 11 is 0. The summed E-state index contributed by atoms with van der Waals surface area (Å²) in [6.07, 6.45) is 7.59. The normalized spacial score (nSPS) is 12.7. The number of anilines is 1. The SMILES string of the molecule is CCOP(=O)(CCCNc1c(F)c(F)c(-c2c3ccc([nH]3)c(C)c3nc(c(C)c4nc(c(C)c5ccc2[nH]5)C=C4)C=C3)c(F)c1F)OCC. The lowest BCUT2D eigenvalue weighted by atomic mass is 10.0. The largest absolute Gasteiger partial charge is 0.380 e. The van der Waals surface area contributed by atoms with Crippen molar-refractivity contribution in [3.8, 4) is 11.1 Å². The van der Waals surface area contributed by atoms with Crippen LogP contribution in [0.1, 0.15) is 59.7 Å². The van der Waals surface area contributed by atoms with Gasteiger partial charge in [-0.05, 0) is 101 Å². The molecule has 8 bridgehead atoms. The van der Waals surface area contributed by atoms with Gasteiger partial charge >= 0.3 is 7.60 Å². The van der Waals surface area contributed by atoms with E-state index in [0.717, 1.165) is 28.1 Å². The van der Waals surface area contributed by atoms with Crippen LogP contribution < -0.4 is 5.32 Å². The molecule has 8 nitrogen and oxygen atoms in total. The first-order valence-electron chi connectivity index (χ1n) is 16.0. The van der Waals surface area contributed by atoms with Crippen LogP contribution in [0.15, 0.2) is 24.3 Å². The predicted molar refractivity (Wildman–Crippen MR) is 187 cm³/mol. The molecule has 6 rings (SSSR count). The van der Waals surface area contributed by atoms with Gasteiger partial charge in [-0.15, -0.1) is 0 Å². The molecule has 0 spiro atoms. The number of benzene rings is 1. The minimum Gasteiger partial charge on any atom is -0.380 e. The number of nitrogens with zero attached hydrogens (tertiary/aromatic N) is 2. The third-order valence-electron chi connectivity index (χ3n) is 8.61. The molecule has 5 heterocycles. The molecule has 49 heavy (non-hydrogen) atoms. The van der Waals surface area contributed by atoms with Gasteiger partial charge in [0.1, 0.15) is 5.69 Å². The van der Waals surface area contributed by atoms with E-state index >= 15 is 17.6 Å². The lowest BCUT2D eigenvalue weighted by molar-refractivity contribution is 0.220. The number of nitrogens with one attached hydrogen (secondary N) is 3. The highest BCUT2D eigenvalue weighted by Crippen LogP contribution is 2.48. The van der Waals surface area contributed by atoms with E-state index in [2.05, 4.69) is 15.3 Å². The number of rotatable bonds is 10. The summed E-state index contributed by atoms with van der Waals surface area (Å²) in [5, 5.41) is 2.44. The minimum atomic E-state index is -3.42. The number of hydrogen-bond acceptors (Lipinski definition) is 6. The van der Waals surface area contributed by atoms with Gasteiger partial charge < -0.3 is 24.3 Å². The summed E-state index contributed by atoms with van der Waals surface area (Å²) in [7, 11) is -3.42. The van der Waals surface area contributed by atoms with E-state index in [1.54, 1.807) is 38.1 Å². The Labute approximate surface area is 280 Å². The van der Waals surface area contributed by atoms with Gasteiger partial charge in [0, 0.05) is 39.7 Å². The molecule has 256 valence electrons. The number of aromatic nitrogens is 4. The van der Waals surface area contributed by atoms with E-state index in [1.165, 1.54) is 0 Å². The molecule has 3 aromatic heterocycles. The zero-order chi connectivity index (χ0) is 35.0. The lowest BCUT2D eigenvalue weighted by Crippen LogP contribution is -2.12. The van der Waals surface area contributed by atoms with Crippen molar-refractivity contribution in [1.82, 2.24) is 19.9 Å². The van der Waals surface area contributed by atoms with Crippen molar-refractivity contribution in [2.24, 2.45) is 0 Å². The van der Waals surface area contributed by atoms with Gasteiger partial charge in [0.25, 0.3) is 0 Å². The van der Waals surface area contributed by atoms with Crippen LogP contribution in [0.3, 0.4) is 0 Å². The van der Waals surface area contributed by atoms with Crippen LogP contribution in [0.5, 0.6) is 0 Å². The fourth-order valence-electron chi connectivity index (χ4n) is 5.95. The van der Waals surface area contributed by atoms with E-state index in [1.807, 2.05) is 45.1 Å². The summed E-state index contributed by atoms with van der Waals surface area (Å²) in [4.78, 5) is 16.0. The summed E-state index contributed by atoms with van der Waals surface area (Å²) in [5.74, 6) is -6.35. The molecule has 0 unspecified atom stereocenters. The van der Waals surface area contributed by atoms with E-state index in [4.69, 9.17) is 19.0 Å². The molecule has 1 aromatic carbocycles. The van der Waals surface area contributed by atoms with Crippen molar-refractivity contribution < 1.29 is 31.2 Å². The van der Waals surface area contributed by atoms with E-state index in [0.29, 0.717) is 22.4 Å². The Hall–Kier alpha value is -4.51. The number of aromatic amines is 2. The highest BCUT2D eigenvalue weighted by atomic mass is 31.2. The van der Waals surface area contributed by atoms with Crippen molar-refractivity contribution in [2.45, 2.75) is 41.0 Å². The lowest BCUT2D eigenvalue weighted by Gasteiger charge is -2.18. The highest BCUT2D eigenvalue weighted by Gasteiger charge is 2.29. The van der Waals surface area contributed by atoms with Gasteiger partial charge in [-0.1, -0.05) is 0 Å². The van der Waals surface area contributed by atoms with Crippen LogP contribution in [-0.2, 0) is 13.6 Å². The second-order valence-corrected chi connectivity index (χ2v) is 13.9. The minimum absolute atomic E-state index is 0.0515. The van der Waals surface area contributed by atoms with Gasteiger partial charge in [-0.2, -0.15) is 0 Å². The summed E-state index contributed by atoms with van der Waals surface area (Å²) in [5.41, 5.74) is 4.94. The molecule has 0 saturated heterocycles. The molecular weight excluding hydrogens is 657 g/mol. The molecule has 2 aliphatic rings. The molecule has 0 amide bonds. The monoisotopic (exact) mass is 693 g/mol. The van der Waals surface area contributed by atoms with Gasteiger partial charge in [0.05, 0.1) is 47.7 Å². The maximum Gasteiger partial charge on any atom is 0.330 e. The van der Waals surface area contributed by atoms with Crippen molar-refractivity contribution in [1.29, 1.82) is 0 Å². The second kappa shape index (κ2) is 13.8. The summed E-state index contributed by atoms with van der Waals surface area (Å²) in [6.45, 7) is 9.15. The molecule has 3 N–H and O–H groups in total. The molecule has 2 aliphatic heterocycles. The van der Waals surface area contributed by atoms with Crippen molar-refractivity contribution in [3.05, 3.63) is 87.0 Å². The Morgan fingerprint density at radius 2 is 1.08 bits per heavy atom. The predicted octanol–water partition coefficient (Wildman–Crippen LogP) is 9.87. The zero-order valence-corrected chi connectivity index (χ0v) is 28.6. The van der Waals surface area contributed by atoms with Crippen molar-refractivity contribution in [2.75, 3.05) is 31.2 Å². The quantitative estimate of drug-likeness (QED) is 0.0571. The number of aryl methyl sites for hydroxylation is 2. The summed E-state index contributed by atoms with van der Waals surface area (Å²) in [6, 6.07) is 6.65. The Morgan fingerprint density at radius 1 is 0.653 bits per heavy atom. The molecule has 0 atom stereocenters. The van der Waals surface area contributed by atoms with Gasteiger partial charge in [-0.3, -0.25) is 4.57 Å². The fourth-order valence-corrected chi connectivity index (χ4v) is 7.62. The van der Waals surface area contributed by atoms with Crippen molar-refractivity contribution in [3.63, 3.8) is 0 Å². The number of H-pyrrole nitrogens is 2. The Morgan fingerprint density at radius 3 is 1.53 bits per heavy atom. The van der Waals surface area contributed by atoms with Crippen LogP contribution in [0.25, 0.3) is 57.5 Å². The molecule has 0 aliphatic carbocycles. The fraction of sp³-hybridized carbons (Fsp3) is 0.278. The van der Waals surface area contributed by atoms with Crippen LogP contribution in [0.2, 0.25) is 0 Å². The molecule has 0 saturated carbocycles. The maximum absolute atomic E-state index is 16.1. The van der Waals surface area contributed by atoms with Crippen LogP contribution >= 0.6 is 7.60 Å². The zero-order valence-electron chi connectivity index (χ0n) is 27.7. The molecule has 0 radical (unpaired) electrons. The highest BCUT2D eigenvalue weighted by molar-refractivity contribution is 7.53. The first kappa shape index (κ1) is 34.4. The third kappa shape index (κ3) is 6.48. The average Bonchev–Trinajstić information content (AvgIpc) is 3.91. The smallest absolute Gasteiger partial charge is 0.330 e. The number of halogens is 4. The van der Waals surface area contributed by atoms with Crippen LogP contribution in [-0.4, -0.2) is 45.9 Å². The molecule has 4 aromatic rings. The Kier molecular flexibility index (Phi) is 9.66. The maximum atomic E-state index is 16.1. The first-order valence-corrected chi connectivity index (χ1v) is 17.7. The molecular formula is C36H36F4N5O3P. The average molecular weight is 694 g/mol.